The Kier molecular flexibility index (Phi) is 55.7. The Morgan fingerprint density at radius 2 is 0.792 bits per heavy atom. The molecule has 0 spiro atoms. The van der Waals surface area contributed by atoms with Crippen LogP contribution in [0.4, 0.5) is 0 Å². The average Bonchev–Trinajstić information content (AvgIpc) is 3.39. The molecule has 0 bridgehead atoms. The number of likely N-dealkylation sites (N-methyl/N-ethyl adjacent to an activating group) is 1. The van der Waals surface area contributed by atoms with Gasteiger partial charge in [-0.25, -0.2) is 0 Å². The summed E-state index contributed by atoms with van der Waals surface area (Å²) in [6.45, 7) is 4.51. The highest BCUT2D eigenvalue weighted by Crippen LogP contribution is 2.38. The minimum absolute atomic E-state index is 0.0154. The Bertz CT molecular complexity index is 1620. The summed E-state index contributed by atoms with van der Waals surface area (Å²) in [5.41, 5.74) is 0. The van der Waals surface area contributed by atoms with Crippen molar-refractivity contribution in [3.05, 3.63) is 109 Å². The van der Waals surface area contributed by atoms with Crippen molar-refractivity contribution in [1.29, 1.82) is 0 Å². The molecule has 0 radical (unpaired) electrons. The first-order chi connectivity index (χ1) is 37.5. The van der Waals surface area contributed by atoms with Crippen molar-refractivity contribution in [2.75, 3.05) is 40.9 Å². The third kappa shape index (κ3) is 60.6. The van der Waals surface area contributed by atoms with Crippen LogP contribution in [-0.2, 0) is 18.4 Å². The van der Waals surface area contributed by atoms with Gasteiger partial charge in [0.05, 0.1) is 39.9 Å². The molecule has 0 saturated carbocycles. The van der Waals surface area contributed by atoms with E-state index in [2.05, 4.69) is 116 Å². The van der Waals surface area contributed by atoms with E-state index in [1.165, 1.54) is 154 Å². The number of nitrogens with one attached hydrogen (secondary N) is 1. The number of quaternary nitrogens is 1. The zero-order chi connectivity index (χ0) is 56.3. The standard InChI is InChI=1S/C68H121N2O6P/c1-6-8-10-12-14-16-18-20-22-24-26-28-30-32-34-36-37-39-41-43-45-47-49-51-53-55-57-59-61-67(71)66(65-76-77(73,74)75-64-63-70(3,4)5)69-68(72)62-60-58-56-54-52-50-48-46-44-42-40-38-35-33-31-29-27-25-23-21-19-17-15-13-11-9-7-2/h9,11,15,17,21,23,27,29,33,35,40,42,46,48,52,54,59,61,66-67,71H,6-8,10,12-14,16,18-20,22,24-26,28,30-32,34,36-39,41,43-45,47,49-51,53,55-58,60,62-65H2,1-5H3,(H-,69,72,73,74)/b11-9-,17-15-,23-21-,29-27-,35-33-,42-40-,48-46-,54-52-,61-59+. The van der Waals surface area contributed by atoms with Gasteiger partial charge in [0.2, 0.25) is 5.91 Å². The fourth-order valence-electron chi connectivity index (χ4n) is 8.82. The van der Waals surface area contributed by atoms with Crippen LogP contribution in [0.1, 0.15) is 264 Å². The fraction of sp³-hybridized carbons (Fsp3) is 0.721. The molecule has 3 unspecified atom stereocenters. The van der Waals surface area contributed by atoms with Gasteiger partial charge >= 0.3 is 0 Å². The number of unbranched alkanes of at least 4 members (excludes halogenated alkanes) is 28. The average molecular weight is 1090 g/mol. The lowest BCUT2D eigenvalue weighted by Gasteiger charge is -2.29. The zero-order valence-corrected chi connectivity index (χ0v) is 51.5. The van der Waals surface area contributed by atoms with Crippen molar-refractivity contribution < 1.29 is 32.9 Å². The Morgan fingerprint density at radius 3 is 1.16 bits per heavy atom. The first kappa shape index (κ1) is 74.2. The van der Waals surface area contributed by atoms with Gasteiger partial charge in [0.1, 0.15) is 13.2 Å². The number of aliphatic hydroxyl groups excluding tert-OH is 1. The molecule has 8 nitrogen and oxygen atoms in total. The van der Waals surface area contributed by atoms with Crippen LogP contribution >= 0.6 is 7.82 Å². The van der Waals surface area contributed by atoms with Crippen LogP contribution in [-0.4, -0.2) is 68.5 Å². The summed E-state index contributed by atoms with van der Waals surface area (Å²) >= 11 is 0. The van der Waals surface area contributed by atoms with Crippen molar-refractivity contribution in [1.82, 2.24) is 5.32 Å². The van der Waals surface area contributed by atoms with Crippen molar-refractivity contribution >= 4 is 13.7 Å². The smallest absolute Gasteiger partial charge is 0.268 e. The maximum atomic E-state index is 13.0. The van der Waals surface area contributed by atoms with E-state index in [9.17, 15) is 19.4 Å². The Labute approximate surface area is 476 Å². The van der Waals surface area contributed by atoms with Crippen molar-refractivity contribution in [2.45, 2.75) is 276 Å². The monoisotopic (exact) mass is 1090 g/mol. The lowest BCUT2D eigenvalue weighted by atomic mass is 10.0. The minimum Gasteiger partial charge on any atom is -0.756 e. The number of allylic oxidation sites excluding steroid dienone is 17. The molecule has 0 aromatic heterocycles. The first-order valence-electron chi connectivity index (χ1n) is 31.7. The summed E-state index contributed by atoms with van der Waals surface area (Å²) in [6, 6.07) is -0.920. The number of hydrogen-bond acceptors (Lipinski definition) is 6. The topological polar surface area (TPSA) is 108 Å². The summed E-state index contributed by atoms with van der Waals surface area (Å²) in [4.78, 5) is 25.6. The third-order valence-corrected chi connectivity index (χ3v) is 14.7. The minimum atomic E-state index is -4.62. The quantitative estimate of drug-likeness (QED) is 0.0272. The number of phosphoric acid groups is 1. The highest BCUT2D eigenvalue weighted by atomic mass is 31.2. The van der Waals surface area contributed by atoms with E-state index in [1.807, 2.05) is 27.2 Å². The van der Waals surface area contributed by atoms with Gasteiger partial charge in [-0.2, -0.15) is 0 Å². The fourth-order valence-corrected chi connectivity index (χ4v) is 9.54. The molecule has 0 aliphatic rings. The van der Waals surface area contributed by atoms with E-state index in [0.717, 1.165) is 83.5 Å². The highest BCUT2D eigenvalue weighted by molar-refractivity contribution is 7.45. The van der Waals surface area contributed by atoms with Gasteiger partial charge < -0.3 is 28.8 Å². The third-order valence-electron chi connectivity index (χ3n) is 13.7. The molecule has 0 heterocycles. The van der Waals surface area contributed by atoms with Crippen LogP contribution in [0.2, 0.25) is 0 Å². The second-order valence-electron chi connectivity index (χ2n) is 22.4. The largest absolute Gasteiger partial charge is 0.756 e. The Hall–Kier alpha value is -2.84. The summed E-state index contributed by atoms with van der Waals surface area (Å²) in [6.07, 6.45) is 84.7. The van der Waals surface area contributed by atoms with E-state index < -0.39 is 26.6 Å². The molecule has 444 valence electrons. The molecule has 77 heavy (non-hydrogen) atoms. The molecule has 0 aliphatic heterocycles. The highest BCUT2D eigenvalue weighted by Gasteiger charge is 2.23. The molecular formula is C68H121N2O6P. The number of carbonyl (C=O) groups is 1. The van der Waals surface area contributed by atoms with Gasteiger partial charge in [0.15, 0.2) is 0 Å². The van der Waals surface area contributed by atoms with E-state index in [-0.39, 0.29) is 18.9 Å². The van der Waals surface area contributed by atoms with Crippen molar-refractivity contribution in [2.24, 2.45) is 0 Å². The number of amides is 1. The second-order valence-corrected chi connectivity index (χ2v) is 23.8. The van der Waals surface area contributed by atoms with Crippen LogP contribution in [0.3, 0.4) is 0 Å². The van der Waals surface area contributed by atoms with Crippen LogP contribution in [0, 0.1) is 0 Å². The lowest BCUT2D eigenvalue weighted by molar-refractivity contribution is -0.870. The second kappa shape index (κ2) is 57.8. The molecule has 0 aromatic carbocycles. The number of nitrogens with zero attached hydrogens (tertiary/aromatic N) is 1. The van der Waals surface area contributed by atoms with Crippen molar-refractivity contribution in [3.63, 3.8) is 0 Å². The SMILES string of the molecule is CC/C=C\C/C=C\C/C=C\C/C=C\C/C=C\C/C=C\C/C=C\C/C=C\CCCCC(=O)NC(COP(=O)([O-])OCC[N+](C)(C)C)C(O)/C=C/CCCCCCCCCCCCCCCCCCCCCCCCCCCC. The summed E-state index contributed by atoms with van der Waals surface area (Å²) in [5.74, 6) is -0.241. The molecule has 0 saturated heterocycles. The van der Waals surface area contributed by atoms with Gasteiger partial charge in [0.25, 0.3) is 7.82 Å². The molecule has 2 N–H and O–H groups in total. The summed E-state index contributed by atoms with van der Waals surface area (Å²) in [5, 5.41) is 13.9. The van der Waals surface area contributed by atoms with Gasteiger partial charge in [-0.1, -0.05) is 284 Å². The van der Waals surface area contributed by atoms with Gasteiger partial charge in [-0.3, -0.25) is 9.36 Å². The lowest BCUT2D eigenvalue weighted by Crippen LogP contribution is -2.45. The molecule has 0 fully saturated rings. The maximum absolute atomic E-state index is 13.0. The predicted molar refractivity (Wildman–Crippen MR) is 334 cm³/mol. The van der Waals surface area contributed by atoms with Crippen LogP contribution in [0.15, 0.2) is 109 Å². The Balaban J connectivity index is 4.27. The maximum Gasteiger partial charge on any atom is 0.268 e. The van der Waals surface area contributed by atoms with E-state index in [4.69, 9.17) is 9.05 Å². The summed E-state index contributed by atoms with van der Waals surface area (Å²) in [7, 11) is 1.22. The molecule has 0 aliphatic carbocycles. The summed E-state index contributed by atoms with van der Waals surface area (Å²) < 4.78 is 23.4. The van der Waals surface area contributed by atoms with E-state index in [0.29, 0.717) is 17.4 Å². The van der Waals surface area contributed by atoms with E-state index in [1.54, 1.807) is 6.08 Å². The molecule has 0 aromatic rings. The number of hydrogen-bond donors (Lipinski definition) is 2. The van der Waals surface area contributed by atoms with Crippen LogP contribution in [0.25, 0.3) is 0 Å². The number of rotatable bonds is 57. The van der Waals surface area contributed by atoms with Gasteiger partial charge in [-0.05, 0) is 83.5 Å². The van der Waals surface area contributed by atoms with Crippen LogP contribution < -0.4 is 10.2 Å². The van der Waals surface area contributed by atoms with Crippen molar-refractivity contribution in [3.8, 4) is 0 Å². The normalized spacial score (nSPS) is 14.5. The molecular weight excluding hydrogens is 972 g/mol. The molecule has 1 amide bonds. The van der Waals surface area contributed by atoms with Crippen LogP contribution in [0.5, 0.6) is 0 Å². The van der Waals surface area contributed by atoms with E-state index >= 15 is 0 Å². The molecule has 3 atom stereocenters. The molecule has 0 rings (SSSR count). The van der Waals surface area contributed by atoms with Gasteiger partial charge in [-0.15, -0.1) is 0 Å². The number of aliphatic hydroxyl groups is 1. The zero-order valence-electron chi connectivity index (χ0n) is 50.6. The first-order valence-corrected chi connectivity index (χ1v) is 33.2. The molecule has 9 heteroatoms. The number of phosphoric ester groups is 1. The Morgan fingerprint density at radius 1 is 0.468 bits per heavy atom. The number of carbonyl (C=O) groups excluding carboxylic acids is 1. The van der Waals surface area contributed by atoms with Gasteiger partial charge in [0, 0.05) is 6.42 Å². The predicted octanol–water partition coefficient (Wildman–Crippen LogP) is 19.3.